The lowest BCUT2D eigenvalue weighted by molar-refractivity contribution is -0.114. The lowest BCUT2D eigenvalue weighted by Gasteiger charge is -2.36. The number of pyridine rings is 1. The fourth-order valence-corrected chi connectivity index (χ4v) is 4.99. The van der Waals surface area contributed by atoms with E-state index in [9.17, 15) is 9.59 Å². The Bertz CT molecular complexity index is 1110. The van der Waals surface area contributed by atoms with Crippen molar-refractivity contribution in [2.45, 2.75) is 56.8 Å². The van der Waals surface area contributed by atoms with Gasteiger partial charge in [0, 0.05) is 49.5 Å². The van der Waals surface area contributed by atoms with Crippen LogP contribution < -0.4 is 10.2 Å². The third-order valence-corrected chi connectivity index (χ3v) is 7.11. The molecular formula is C25H28N6O2. The number of dihydropyridines is 2. The molecule has 0 bridgehead atoms. The summed E-state index contributed by atoms with van der Waals surface area (Å²) in [7, 11) is 0. The Kier molecular flexibility index (Phi) is 4.98. The average Bonchev–Trinajstić information content (AvgIpc) is 3.74. The second-order valence-electron chi connectivity index (χ2n) is 9.51. The van der Waals surface area contributed by atoms with Crippen LogP contribution >= 0.6 is 0 Å². The molecule has 170 valence electrons. The third-order valence-electron chi connectivity index (χ3n) is 7.11. The summed E-state index contributed by atoms with van der Waals surface area (Å²) in [5.74, 6) is -0.203. The van der Waals surface area contributed by atoms with Gasteiger partial charge in [-0.15, -0.1) is 0 Å². The molecule has 1 aromatic heterocycles. The first-order chi connectivity index (χ1) is 16.1. The molecule has 0 aromatic carbocycles. The summed E-state index contributed by atoms with van der Waals surface area (Å²) in [6.45, 7) is 4.66. The zero-order chi connectivity index (χ0) is 22.5. The van der Waals surface area contributed by atoms with E-state index >= 15 is 0 Å². The van der Waals surface area contributed by atoms with Gasteiger partial charge in [0.2, 0.25) is 0 Å². The van der Waals surface area contributed by atoms with Crippen LogP contribution in [0.15, 0.2) is 51.6 Å². The predicted octanol–water partition coefficient (Wildman–Crippen LogP) is 1.93. The average molecular weight is 445 g/mol. The van der Waals surface area contributed by atoms with Crippen LogP contribution in [0.4, 0.5) is 5.69 Å². The summed E-state index contributed by atoms with van der Waals surface area (Å²) in [4.78, 5) is 42.6. The van der Waals surface area contributed by atoms with Crippen LogP contribution in [0.25, 0.3) is 0 Å². The first kappa shape index (κ1) is 20.5. The number of rotatable bonds is 6. The van der Waals surface area contributed by atoms with E-state index < -0.39 is 0 Å². The maximum Gasteiger partial charge on any atom is 0.272 e. The van der Waals surface area contributed by atoms with E-state index in [2.05, 4.69) is 30.1 Å². The van der Waals surface area contributed by atoms with E-state index in [0.29, 0.717) is 30.2 Å². The summed E-state index contributed by atoms with van der Waals surface area (Å²) in [6, 6.07) is 5.06. The van der Waals surface area contributed by atoms with Gasteiger partial charge < -0.3 is 10.2 Å². The maximum atomic E-state index is 12.2. The summed E-state index contributed by atoms with van der Waals surface area (Å²) in [6.07, 6.45) is 11.7. The fourth-order valence-electron chi connectivity index (χ4n) is 4.99. The van der Waals surface area contributed by atoms with Crippen molar-refractivity contribution in [1.29, 1.82) is 0 Å². The van der Waals surface area contributed by atoms with Gasteiger partial charge in [-0.3, -0.25) is 19.5 Å². The summed E-state index contributed by atoms with van der Waals surface area (Å²) in [5, 5.41) is 2.99. The molecule has 2 aliphatic carbocycles. The topological polar surface area (TPSA) is 90.3 Å². The molecule has 1 unspecified atom stereocenters. The Morgan fingerprint density at radius 1 is 1.21 bits per heavy atom. The van der Waals surface area contributed by atoms with E-state index in [-0.39, 0.29) is 17.9 Å². The number of fused-ring (bicyclic) bond motifs is 2. The zero-order valence-electron chi connectivity index (χ0n) is 18.8. The Hall–Kier alpha value is -3.13. The molecule has 3 atom stereocenters. The molecule has 0 radical (unpaired) electrons. The number of nitrogens with one attached hydrogen (secondary N) is 1. The Morgan fingerprint density at radius 2 is 2.09 bits per heavy atom. The van der Waals surface area contributed by atoms with Gasteiger partial charge in [0.25, 0.3) is 11.8 Å². The molecule has 4 heterocycles. The van der Waals surface area contributed by atoms with Gasteiger partial charge in [0.15, 0.2) is 0 Å². The highest BCUT2D eigenvalue weighted by Gasteiger charge is 2.49. The number of aromatic nitrogens is 1. The number of piperazine rings is 1. The van der Waals surface area contributed by atoms with Crippen molar-refractivity contribution in [2.75, 3.05) is 24.5 Å². The van der Waals surface area contributed by atoms with E-state index in [1.54, 1.807) is 0 Å². The molecule has 5 aliphatic rings. The van der Waals surface area contributed by atoms with Crippen LogP contribution in [0.5, 0.6) is 0 Å². The van der Waals surface area contributed by atoms with Gasteiger partial charge in [-0.25, -0.2) is 9.98 Å². The highest BCUT2D eigenvalue weighted by Crippen LogP contribution is 2.39. The van der Waals surface area contributed by atoms with Gasteiger partial charge in [0.05, 0.1) is 17.6 Å². The van der Waals surface area contributed by atoms with Crippen LogP contribution in [0.3, 0.4) is 0 Å². The molecule has 8 heteroatoms. The number of aliphatic imine (C=N–C) groups is 2. The summed E-state index contributed by atoms with van der Waals surface area (Å²) in [5.41, 5.74) is 4.19. The minimum Gasteiger partial charge on any atom is -0.364 e. The van der Waals surface area contributed by atoms with E-state index in [1.165, 1.54) is 0 Å². The molecule has 6 rings (SSSR count). The number of anilines is 1. The van der Waals surface area contributed by atoms with Crippen molar-refractivity contribution < 1.29 is 9.59 Å². The standard InChI is InChI=1S/C25H28N6O2/c1-2-16-10-20-21(29-24(16)32)9-15(12-26-20)14-30-7-8-31(23-11-22(23)30)18-5-6-19(27-13-18)25(33)28-17-3-4-17/h5-6,9-10,12-13,17,20,22-23H,2-4,7-8,11,14H2,1H3,(H,28,33)/t20?,22-,23+/m0/s1. The molecule has 2 saturated carbocycles. The Morgan fingerprint density at radius 3 is 2.85 bits per heavy atom. The highest BCUT2D eigenvalue weighted by atomic mass is 16.2. The van der Waals surface area contributed by atoms with Gasteiger partial charge in [0.1, 0.15) is 11.7 Å². The van der Waals surface area contributed by atoms with Crippen molar-refractivity contribution in [3.05, 3.63) is 47.3 Å². The van der Waals surface area contributed by atoms with Crippen molar-refractivity contribution in [3.8, 4) is 0 Å². The minimum atomic E-state index is -0.128. The molecule has 2 amide bonds. The van der Waals surface area contributed by atoms with Crippen LogP contribution in [-0.4, -0.2) is 77.4 Å². The predicted molar refractivity (Wildman–Crippen MR) is 127 cm³/mol. The first-order valence-corrected chi connectivity index (χ1v) is 11.9. The van der Waals surface area contributed by atoms with Crippen LogP contribution in [-0.2, 0) is 4.79 Å². The van der Waals surface area contributed by atoms with E-state index in [1.807, 2.05) is 43.6 Å². The molecule has 8 nitrogen and oxygen atoms in total. The van der Waals surface area contributed by atoms with E-state index in [0.717, 1.165) is 61.4 Å². The number of nitrogens with zero attached hydrogens (tertiary/aromatic N) is 5. The van der Waals surface area contributed by atoms with Crippen molar-refractivity contribution in [1.82, 2.24) is 15.2 Å². The number of carbonyl (C=O) groups is 2. The fraction of sp³-hybridized carbons (Fsp3) is 0.480. The molecule has 1 N–H and O–H groups in total. The lowest BCUT2D eigenvalue weighted by atomic mass is 9.98. The van der Waals surface area contributed by atoms with E-state index in [4.69, 9.17) is 0 Å². The highest BCUT2D eigenvalue weighted by molar-refractivity contribution is 6.16. The molecule has 1 saturated heterocycles. The minimum absolute atomic E-state index is 0.0755. The van der Waals surface area contributed by atoms with Gasteiger partial charge >= 0.3 is 0 Å². The zero-order valence-corrected chi connectivity index (χ0v) is 18.8. The van der Waals surface area contributed by atoms with Gasteiger partial charge in [-0.05, 0) is 55.5 Å². The van der Waals surface area contributed by atoms with Gasteiger partial charge in [-0.1, -0.05) is 6.92 Å². The Labute approximate surface area is 193 Å². The quantitative estimate of drug-likeness (QED) is 0.724. The summed E-state index contributed by atoms with van der Waals surface area (Å²) < 4.78 is 0. The molecule has 3 fully saturated rings. The van der Waals surface area contributed by atoms with Crippen molar-refractivity contribution in [2.24, 2.45) is 9.98 Å². The van der Waals surface area contributed by atoms with Gasteiger partial charge in [-0.2, -0.15) is 0 Å². The molecule has 0 spiro atoms. The van der Waals surface area contributed by atoms with Crippen molar-refractivity contribution >= 4 is 29.4 Å². The second-order valence-corrected chi connectivity index (χ2v) is 9.51. The number of carbonyl (C=O) groups excluding carboxylic acids is 2. The lowest BCUT2D eigenvalue weighted by Crippen LogP contribution is -2.47. The molecule has 33 heavy (non-hydrogen) atoms. The normalized spacial score (nSPS) is 28.4. The van der Waals surface area contributed by atoms with Crippen LogP contribution in [0.2, 0.25) is 0 Å². The smallest absolute Gasteiger partial charge is 0.272 e. The largest absolute Gasteiger partial charge is 0.364 e. The molecule has 1 aromatic rings. The molecular weight excluding hydrogens is 416 g/mol. The SMILES string of the molecule is CCC1=CC2N=CC(CN3CCN(c4ccc(C(=O)NC5CC5)nc4)[C@@H]4C[C@@H]43)=CC2=NC1=O. The maximum absolute atomic E-state index is 12.2. The number of hydrogen-bond donors (Lipinski definition) is 1. The number of amides is 2. The van der Waals surface area contributed by atoms with Crippen LogP contribution in [0.1, 0.15) is 43.1 Å². The number of hydrogen-bond acceptors (Lipinski definition) is 6. The second kappa shape index (κ2) is 8.02. The van der Waals surface area contributed by atoms with Crippen LogP contribution in [0, 0.1) is 0 Å². The molecule has 3 aliphatic heterocycles. The summed E-state index contributed by atoms with van der Waals surface area (Å²) >= 11 is 0. The third kappa shape index (κ3) is 4.04. The Balaban J connectivity index is 1.07. The first-order valence-electron chi connectivity index (χ1n) is 11.9. The van der Waals surface area contributed by atoms with Crippen molar-refractivity contribution in [3.63, 3.8) is 0 Å². The monoisotopic (exact) mass is 444 g/mol.